The van der Waals surface area contributed by atoms with Gasteiger partial charge in [0.25, 0.3) is 0 Å². The molecule has 0 N–H and O–H groups in total. The van der Waals surface area contributed by atoms with E-state index in [1.54, 1.807) is 0 Å². The summed E-state index contributed by atoms with van der Waals surface area (Å²) in [6.45, 7) is 8.36. The Hall–Kier alpha value is -0.0400. The van der Waals surface area contributed by atoms with Crippen LogP contribution in [-0.2, 0) is 0 Å². The van der Waals surface area contributed by atoms with Crippen LogP contribution in [-0.4, -0.2) is 32.2 Å². The van der Waals surface area contributed by atoms with Crippen LogP contribution in [0.2, 0.25) is 0 Å². The third-order valence-corrected chi connectivity index (χ3v) is 3.09. The minimum absolute atomic E-state index is 0.867. The van der Waals surface area contributed by atoms with Gasteiger partial charge in [-0.25, -0.2) is 0 Å². The second kappa shape index (κ2) is 6.44. The summed E-state index contributed by atoms with van der Waals surface area (Å²) in [6, 6.07) is 0. The normalized spacial score (nSPS) is 16.7. The maximum atomic E-state index is 2.42. The Balaban J connectivity index is 3.97. The van der Waals surface area contributed by atoms with E-state index in [-0.39, 0.29) is 0 Å². The summed E-state index contributed by atoms with van der Waals surface area (Å²) in [5, 5.41) is 0. The Labute approximate surface area is 91.1 Å². The van der Waals surface area contributed by atoms with E-state index in [9.17, 15) is 0 Å². The zero-order chi connectivity index (χ0) is 11.2. The molecule has 0 aromatic carbocycles. The van der Waals surface area contributed by atoms with E-state index in [0.717, 1.165) is 16.3 Å². The molecule has 14 heavy (non-hydrogen) atoms. The van der Waals surface area contributed by atoms with E-state index < -0.39 is 0 Å². The third-order valence-electron chi connectivity index (χ3n) is 3.09. The standard InChI is InChI=1S/C13H30N/c1-7-9-10-13(8-2)12(3)11-14(4,5)6/h12-13H,7-11H2,1-6H3/q+1. The molecule has 0 bridgehead atoms. The van der Waals surface area contributed by atoms with Gasteiger partial charge >= 0.3 is 0 Å². The van der Waals surface area contributed by atoms with Crippen LogP contribution in [0.15, 0.2) is 0 Å². The zero-order valence-corrected chi connectivity index (χ0v) is 11.1. The van der Waals surface area contributed by atoms with E-state index in [0.29, 0.717) is 0 Å². The van der Waals surface area contributed by atoms with Crippen LogP contribution in [0.1, 0.15) is 46.5 Å². The number of hydrogen-bond acceptors (Lipinski definition) is 0. The van der Waals surface area contributed by atoms with Gasteiger partial charge in [0.15, 0.2) is 0 Å². The molecule has 0 aromatic rings. The minimum Gasteiger partial charge on any atom is -0.331 e. The molecule has 0 saturated carbocycles. The fourth-order valence-electron chi connectivity index (χ4n) is 2.37. The summed E-state index contributed by atoms with van der Waals surface area (Å²) < 4.78 is 1.10. The molecule has 0 amide bonds. The Morgan fingerprint density at radius 2 is 1.64 bits per heavy atom. The Morgan fingerprint density at radius 1 is 1.07 bits per heavy atom. The van der Waals surface area contributed by atoms with Crippen LogP contribution in [0.5, 0.6) is 0 Å². The van der Waals surface area contributed by atoms with Gasteiger partial charge in [-0.2, -0.15) is 0 Å². The molecule has 1 nitrogen and oxygen atoms in total. The highest BCUT2D eigenvalue weighted by Gasteiger charge is 2.21. The van der Waals surface area contributed by atoms with Crippen LogP contribution < -0.4 is 0 Å². The van der Waals surface area contributed by atoms with Crippen LogP contribution in [0.4, 0.5) is 0 Å². The molecule has 0 aliphatic carbocycles. The first-order chi connectivity index (χ1) is 6.40. The van der Waals surface area contributed by atoms with E-state index in [1.807, 2.05) is 0 Å². The fraction of sp³-hybridized carbons (Fsp3) is 1.00. The Bertz CT molecular complexity index is 135. The maximum Gasteiger partial charge on any atom is 0.0809 e. The van der Waals surface area contributed by atoms with Crippen molar-refractivity contribution in [3.63, 3.8) is 0 Å². The van der Waals surface area contributed by atoms with Gasteiger partial charge in [-0.15, -0.1) is 0 Å². The average Bonchev–Trinajstić information content (AvgIpc) is 2.02. The van der Waals surface area contributed by atoms with E-state index in [1.165, 1.54) is 32.2 Å². The lowest BCUT2D eigenvalue weighted by molar-refractivity contribution is -0.874. The molecule has 0 aliphatic rings. The topological polar surface area (TPSA) is 0 Å². The maximum absolute atomic E-state index is 2.42. The summed E-state index contributed by atoms with van der Waals surface area (Å²) >= 11 is 0. The molecule has 0 heterocycles. The second-order valence-corrected chi connectivity index (χ2v) is 5.76. The number of hydrogen-bond donors (Lipinski definition) is 0. The smallest absolute Gasteiger partial charge is 0.0809 e. The molecule has 0 radical (unpaired) electrons. The van der Waals surface area contributed by atoms with Crippen LogP contribution >= 0.6 is 0 Å². The highest BCUT2D eigenvalue weighted by atomic mass is 15.3. The van der Waals surface area contributed by atoms with Crippen LogP contribution in [0.3, 0.4) is 0 Å². The number of quaternary nitrogens is 1. The van der Waals surface area contributed by atoms with Crippen molar-refractivity contribution in [2.45, 2.75) is 46.5 Å². The first-order valence-corrected chi connectivity index (χ1v) is 6.21. The lowest BCUT2D eigenvalue weighted by atomic mass is 9.86. The summed E-state index contributed by atoms with van der Waals surface area (Å²) in [5.41, 5.74) is 0. The quantitative estimate of drug-likeness (QED) is 0.551. The van der Waals surface area contributed by atoms with Crippen molar-refractivity contribution in [2.24, 2.45) is 11.8 Å². The Kier molecular flexibility index (Phi) is 6.43. The number of unbranched alkanes of at least 4 members (excludes halogenated alkanes) is 1. The highest BCUT2D eigenvalue weighted by Crippen LogP contribution is 2.23. The van der Waals surface area contributed by atoms with Crippen molar-refractivity contribution in [3.8, 4) is 0 Å². The summed E-state index contributed by atoms with van der Waals surface area (Å²) in [5.74, 6) is 1.80. The van der Waals surface area contributed by atoms with E-state index >= 15 is 0 Å². The van der Waals surface area contributed by atoms with Gasteiger partial charge in [0.2, 0.25) is 0 Å². The lowest BCUT2D eigenvalue weighted by Crippen LogP contribution is -2.40. The van der Waals surface area contributed by atoms with Crippen molar-refractivity contribution in [1.82, 2.24) is 0 Å². The van der Waals surface area contributed by atoms with Gasteiger partial charge in [0.05, 0.1) is 27.7 Å². The summed E-state index contributed by atoms with van der Waals surface area (Å²) in [6.07, 6.45) is 5.52. The number of nitrogens with zero attached hydrogens (tertiary/aromatic N) is 1. The molecule has 86 valence electrons. The van der Waals surface area contributed by atoms with Crippen molar-refractivity contribution in [2.75, 3.05) is 27.7 Å². The molecule has 0 spiro atoms. The first-order valence-electron chi connectivity index (χ1n) is 6.21. The molecule has 2 unspecified atom stereocenters. The average molecular weight is 200 g/mol. The largest absolute Gasteiger partial charge is 0.331 e. The van der Waals surface area contributed by atoms with Crippen molar-refractivity contribution < 1.29 is 4.48 Å². The zero-order valence-electron chi connectivity index (χ0n) is 11.1. The number of rotatable bonds is 7. The van der Waals surface area contributed by atoms with Gasteiger partial charge in [-0.05, 0) is 12.3 Å². The minimum atomic E-state index is 0.867. The molecule has 0 aliphatic heterocycles. The predicted molar refractivity (Wildman–Crippen MR) is 65.4 cm³/mol. The van der Waals surface area contributed by atoms with Crippen LogP contribution in [0, 0.1) is 11.8 Å². The van der Waals surface area contributed by atoms with Crippen molar-refractivity contribution >= 4 is 0 Å². The molecular weight excluding hydrogens is 170 g/mol. The predicted octanol–water partition coefficient (Wildman–Crippen LogP) is 3.55. The fourth-order valence-corrected chi connectivity index (χ4v) is 2.37. The van der Waals surface area contributed by atoms with Crippen molar-refractivity contribution in [1.29, 1.82) is 0 Å². The molecule has 1 heteroatoms. The van der Waals surface area contributed by atoms with Gasteiger partial charge in [0.1, 0.15) is 0 Å². The second-order valence-electron chi connectivity index (χ2n) is 5.76. The monoisotopic (exact) mass is 200 g/mol. The molecule has 2 atom stereocenters. The molecule has 0 saturated heterocycles. The van der Waals surface area contributed by atoms with Crippen molar-refractivity contribution in [3.05, 3.63) is 0 Å². The van der Waals surface area contributed by atoms with E-state index in [4.69, 9.17) is 0 Å². The van der Waals surface area contributed by atoms with E-state index in [2.05, 4.69) is 41.9 Å². The molecule has 0 fully saturated rings. The lowest BCUT2D eigenvalue weighted by Gasteiger charge is -2.31. The van der Waals surface area contributed by atoms with Gasteiger partial charge in [-0.3, -0.25) is 0 Å². The van der Waals surface area contributed by atoms with Gasteiger partial charge in [-0.1, -0.05) is 40.0 Å². The molecule has 0 rings (SSSR count). The molecule has 0 aromatic heterocycles. The molecular formula is C13H30N+. The summed E-state index contributed by atoms with van der Waals surface area (Å²) in [7, 11) is 6.88. The third kappa shape index (κ3) is 6.42. The van der Waals surface area contributed by atoms with Gasteiger partial charge in [0, 0.05) is 5.92 Å². The summed E-state index contributed by atoms with van der Waals surface area (Å²) in [4.78, 5) is 0. The van der Waals surface area contributed by atoms with Gasteiger partial charge < -0.3 is 4.48 Å². The highest BCUT2D eigenvalue weighted by molar-refractivity contribution is 4.64. The SMILES string of the molecule is CCCCC(CC)C(C)C[N+](C)(C)C. The first kappa shape index (κ1) is 14.0. The Morgan fingerprint density at radius 3 is 2.00 bits per heavy atom. The van der Waals surface area contributed by atoms with Crippen LogP contribution in [0.25, 0.3) is 0 Å².